The first kappa shape index (κ1) is 16.3. The highest BCUT2D eigenvalue weighted by Gasteiger charge is 2.28. The fourth-order valence-corrected chi connectivity index (χ4v) is 2.59. The molecule has 0 aromatic heterocycles. The quantitative estimate of drug-likeness (QED) is 0.907. The third kappa shape index (κ3) is 4.21. The highest BCUT2D eigenvalue weighted by Crippen LogP contribution is 2.16. The molecule has 2 rings (SSSR count). The monoisotopic (exact) mass is 305 g/mol. The van der Waals surface area contributed by atoms with E-state index >= 15 is 0 Å². The van der Waals surface area contributed by atoms with E-state index in [1.165, 1.54) is 0 Å². The number of ether oxygens (including phenoxy) is 1. The van der Waals surface area contributed by atoms with Crippen molar-refractivity contribution < 1.29 is 14.3 Å². The molecule has 0 bridgehead atoms. The summed E-state index contributed by atoms with van der Waals surface area (Å²) >= 11 is 0. The summed E-state index contributed by atoms with van der Waals surface area (Å²) in [6.07, 6.45) is 1.40. The van der Waals surface area contributed by atoms with Crippen LogP contribution < -0.4 is 5.73 Å². The van der Waals surface area contributed by atoms with Crippen LogP contribution in [-0.4, -0.2) is 54.5 Å². The van der Waals surface area contributed by atoms with Crippen molar-refractivity contribution in [1.29, 1.82) is 0 Å². The molecule has 0 radical (unpaired) electrons. The van der Waals surface area contributed by atoms with Gasteiger partial charge in [-0.3, -0.25) is 4.79 Å². The van der Waals surface area contributed by atoms with Gasteiger partial charge in [0.1, 0.15) is 6.61 Å². The lowest BCUT2D eigenvalue weighted by Crippen LogP contribution is -2.51. The van der Waals surface area contributed by atoms with Gasteiger partial charge in [0.25, 0.3) is 0 Å². The Balaban J connectivity index is 1.86. The molecular formula is C16H23N3O3. The molecule has 22 heavy (non-hydrogen) atoms. The van der Waals surface area contributed by atoms with Gasteiger partial charge in [-0.15, -0.1) is 0 Å². The number of likely N-dealkylation sites (tertiary alicyclic amines) is 1. The van der Waals surface area contributed by atoms with Crippen molar-refractivity contribution >= 4 is 12.0 Å². The lowest BCUT2D eigenvalue weighted by Gasteiger charge is -2.36. The summed E-state index contributed by atoms with van der Waals surface area (Å²) in [6, 6.07) is 9.58. The Morgan fingerprint density at radius 3 is 2.77 bits per heavy atom. The second-order valence-electron chi connectivity index (χ2n) is 5.49. The first-order valence-corrected chi connectivity index (χ1v) is 7.53. The highest BCUT2D eigenvalue weighted by molar-refractivity contribution is 5.78. The molecule has 1 aromatic carbocycles. The molecule has 2 N–H and O–H groups in total. The van der Waals surface area contributed by atoms with E-state index in [0.717, 1.165) is 18.4 Å². The molecule has 1 aliphatic rings. The second-order valence-corrected chi connectivity index (χ2v) is 5.49. The molecule has 0 spiro atoms. The number of amides is 2. The van der Waals surface area contributed by atoms with Gasteiger partial charge < -0.3 is 20.3 Å². The van der Waals surface area contributed by atoms with E-state index in [4.69, 9.17) is 10.5 Å². The second kappa shape index (κ2) is 7.79. The molecule has 6 nitrogen and oxygen atoms in total. The predicted octanol–water partition coefficient (Wildman–Crippen LogP) is 1.20. The van der Waals surface area contributed by atoms with Gasteiger partial charge in [-0.25, -0.2) is 4.79 Å². The Kier molecular flexibility index (Phi) is 5.77. The smallest absolute Gasteiger partial charge is 0.410 e. The predicted molar refractivity (Wildman–Crippen MR) is 83.0 cm³/mol. The Morgan fingerprint density at radius 1 is 1.36 bits per heavy atom. The maximum atomic E-state index is 12.2. The van der Waals surface area contributed by atoms with Crippen molar-refractivity contribution in [3.05, 3.63) is 35.9 Å². The minimum atomic E-state index is -0.331. The number of rotatable bonds is 4. The summed E-state index contributed by atoms with van der Waals surface area (Å²) in [4.78, 5) is 27.1. The average molecular weight is 305 g/mol. The van der Waals surface area contributed by atoms with E-state index in [1.807, 2.05) is 30.3 Å². The van der Waals surface area contributed by atoms with Gasteiger partial charge in [-0.1, -0.05) is 30.3 Å². The average Bonchev–Trinajstić information content (AvgIpc) is 2.59. The number of nitrogens with two attached hydrogens (primary N) is 1. The van der Waals surface area contributed by atoms with Crippen LogP contribution in [0.2, 0.25) is 0 Å². The van der Waals surface area contributed by atoms with Crippen LogP contribution in [0.3, 0.4) is 0 Å². The molecule has 1 saturated heterocycles. The number of carbonyl (C=O) groups is 2. The molecule has 0 saturated carbocycles. The van der Waals surface area contributed by atoms with Crippen LogP contribution in [0.25, 0.3) is 0 Å². The molecule has 0 aliphatic carbocycles. The van der Waals surface area contributed by atoms with Crippen LogP contribution >= 0.6 is 0 Å². The lowest BCUT2D eigenvalue weighted by atomic mass is 10.0. The van der Waals surface area contributed by atoms with Crippen LogP contribution in [0.4, 0.5) is 4.79 Å². The number of hydrogen-bond acceptors (Lipinski definition) is 4. The number of likely N-dealkylation sites (N-methyl/N-ethyl adjacent to an activating group) is 1. The van der Waals surface area contributed by atoms with Gasteiger partial charge in [-0.05, 0) is 18.4 Å². The Morgan fingerprint density at radius 2 is 2.09 bits per heavy atom. The minimum absolute atomic E-state index is 0.00840. The fraction of sp³-hybridized carbons (Fsp3) is 0.500. The number of carbonyl (C=O) groups excluding carboxylic acids is 2. The van der Waals surface area contributed by atoms with Gasteiger partial charge in [0.15, 0.2) is 0 Å². The van der Waals surface area contributed by atoms with E-state index in [1.54, 1.807) is 16.8 Å². The van der Waals surface area contributed by atoms with Gasteiger partial charge >= 0.3 is 6.09 Å². The van der Waals surface area contributed by atoms with Crippen LogP contribution in [0, 0.1) is 0 Å². The summed E-state index contributed by atoms with van der Waals surface area (Å²) in [5, 5.41) is 0. The maximum absolute atomic E-state index is 12.2. The van der Waals surface area contributed by atoms with Gasteiger partial charge in [0, 0.05) is 26.2 Å². The minimum Gasteiger partial charge on any atom is -0.445 e. The molecule has 120 valence electrons. The number of hydrogen-bond donors (Lipinski definition) is 1. The zero-order valence-corrected chi connectivity index (χ0v) is 12.9. The normalized spacial score (nSPS) is 17.9. The van der Waals surface area contributed by atoms with Gasteiger partial charge in [0.2, 0.25) is 5.91 Å². The van der Waals surface area contributed by atoms with Crippen molar-refractivity contribution in [1.82, 2.24) is 9.80 Å². The van der Waals surface area contributed by atoms with Crippen LogP contribution in [0.5, 0.6) is 0 Å². The van der Waals surface area contributed by atoms with Crippen molar-refractivity contribution in [2.75, 3.05) is 26.7 Å². The lowest BCUT2D eigenvalue weighted by molar-refractivity contribution is -0.131. The fourth-order valence-electron chi connectivity index (χ4n) is 2.59. The topological polar surface area (TPSA) is 75.9 Å². The molecule has 6 heteroatoms. The zero-order valence-electron chi connectivity index (χ0n) is 12.9. The van der Waals surface area contributed by atoms with Crippen LogP contribution in [0.15, 0.2) is 30.3 Å². The molecular weight excluding hydrogens is 282 g/mol. The molecule has 0 unspecified atom stereocenters. The molecule has 1 aromatic rings. The SMILES string of the molecule is CN(C(=O)CN)[C@H]1CCCN(C(=O)OCc2ccccc2)C1. The molecule has 1 aliphatic heterocycles. The summed E-state index contributed by atoms with van der Waals surface area (Å²) in [6.45, 7) is 1.41. The van der Waals surface area contributed by atoms with Crippen LogP contribution in [0.1, 0.15) is 18.4 Å². The maximum Gasteiger partial charge on any atom is 0.410 e. The van der Waals surface area contributed by atoms with E-state index in [0.29, 0.717) is 13.1 Å². The van der Waals surface area contributed by atoms with Gasteiger partial charge in [0.05, 0.1) is 6.54 Å². The van der Waals surface area contributed by atoms with E-state index in [9.17, 15) is 9.59 Å². The third-order valence-electron chi connectivity index (χ3n) is 3.98. The summed E-state index contributed by atoms with van der Waals surface area (Å²) < 4.78 is 5.34. The zero-order chi connectivity index (χ0) is 15.9. The molecule has 2 amide bonds. The summed E-state index contributed by atoms with van der Waals surface area (Å²) in [7, 11) is 1.73. The van der Waals surface area contributed by atoms with Gasteiger partial charge in [-0.2, -0.15) is 0 Å². The highest BCUT2D eigenvalue weighted by atomic mass is 16.6. The molecule has 1 fully saturated rings. The number of piperidine rings is 1. The van der Waals surface area contributed by atoms with E-state index in [-0.39, 0.29) is 31.2 Å². The third-order valence-corrected chi connectivity index (χ3v) is 3.98. The Hall–Kier alpha value is -2.08. The van der Waals surface area contributed by atoms with Crippen molar-refractivity contribution in [3.8, 4) is 0 Å². The standard InChI is InChI=1S/C16H23N3O3/c1-18(15(20)10-17)14-8-5-9-19(11-14)16(21)22-12-13-6-3-2-4-7-13/h2-4,6-7,14H,5,8-12,17H2,1H3/t14-/m0/s1. The molecule has 1 heterocycles. The van der Waals surface area contributed by atoms with E-state index < -0.39 is 0 Å². The number of nitrogens with zero attached hydrogens (tertiary/aromatic N) is 2. The van der Waals surface area contributed by atoms with Crippen molar-refractivity contribution in [2.45, 2.75) is 25.5 Å². The Labute approximate surface area is 130 Å². The first-order chi connectivity index (χ1) is 10.6. The summed E-state index contributed by atoms with van der Waals surface area (Å²) in [5.41, 5.74) is 6.35. The van der Waals surface area contributed by atoms with E-state index in [2.05, 4.69) is 0 Å². The largest absolute Gasteiger partial charge is 0.445 e. The van der Waals surface area contributed by atoms with Crippen LogP contribution in [-0.2, 0) is 16.1 Å². The molecule has 1 atom stereocenters. The van der Waals surface area contributed by atoms with Crippen molar-refractivity contribution in [3.63, 3.8) is 0 Å². The number of benzene rings is 1. The Bertz CT molecular complexity index is 507. The van der Waals surface area contributed by atoms with Crippen molar-refractivity contribution in [2.24, 2.45) is 5.73 Å². The first-order valence-electron chi connectivity index (χ1n) is 7.53. The summed E-state index contributed by atoms with van der Waals surface area (Å²) in [5.74, 6) is -0.107.